The van der Waals surface area contributed by atoms with Gasteiger partial charge in [0.2, 0.25) is 0 Å². The minimum Gasteiger partial charge on any atom is -0.477 e. The number of esters is 4. The maximum Gasteiger partial charge on any atom is 0.415 e. The van der Waals surface area contributed by atoms with E-state index in [4.69, 9.17) is 92.9 Å². The van der Waals surface area contributed by atoms with Crippen molar-refractivity contribution in [2.24, 2.45) is 11.7 Å². The van der Waals surface area contributed by atoms with Crippen LogP contribution < -0.4 is 53.2 Å². The Hall–Kier alpha value is -14.1. The molecule has 746 valence electrons. The van der Waals surface area contributed by atoms with E-state index in [9.17, 15) is 52.7 Å². The van der Waals surface area contributed by atoms with Crippen molar-refractivity contribution in [2.75, 3.05) is 113 Å². The average molecular weight is 1960 g/mol. The van der Waals surface area contributed by atoms with Gasteiger partial charge in [0.25, 0.3) is 11.8 Å². The molecule has 0 fully saturated rings. The van der Waals surface area contributed by atoms with Gasteiger partial charge in [0.1, 0.15) is 72.7 Å². The van der Waals surface area contributed by atoms with Crippen molar-refractivity contribution in [1.82, 2.24) is 54.4 Å². The van der Waals surface area contributed by atoms with E-state index >= 15 is 0 Å². The SMILES string of the molecule is CN(C(=O)OC(C)(C)C)c1cc(Cl)nc2c(C(=O)O)cnn12.COC(=O)c1ccc(COCC(C)C)cc1NC(=O)OC(C)(C)C.COC(=O)c1ccc(COC[C@@H](C)N)cc1N.COC(=O)c1ccc(COC[C@@H](C)NC(=O)c2cnn3c(N(C)C(=O)OC(C)(C)C)cc(Cl)nc23)cc1N.COC(=O)c1ccc2cc1Nc1cc(N(C)C(=O)OC(C)(C)C)n3ncc(c3n1)C(=O)N[C@H](C)COC2. The smallest absolute Gasteiger partial charge is 0.415 e. The quantitative estimate of drug-likeness (QED) is 0.0128. The third-order valence-corrected chi connectivity index (χ3v) is 18.8. The molecule has 4 aromatic carbocycles. The lowest BCUT2D eigenvalue weighted by Crippen LogP contribution is -2.36. The molecular weight excluding hydrogens is 1840 g/mol. The van der Waals surface area contributed by atoms with Crippen LogP contribution in [0.2, 0.25) is 10.3 Å². The summed E-state index contributed by atoms with van der Waals surface area (Å²) in [7, 11) is 9.71. The molecule has 6 amide bonds. The number of rotatable bonds is 23. The standard InChI is InChI=1S/C25H31ClN6O6.C25H30N6O6.C18H27NO5.C13H15ClN4O4.C12H18N2O3/c1-14(12-37-13-15-7-8-16(18(27)9-15)23(34)36-6)29-22(33)17-11-28-32-20(10-19(26)30-21(17)32)31(5)24(35)38-25(2,3)4;1-14-12-36-13-15-7-8-16(23(33)35-6)18(9-15)28-19-10-20(30(5)24(34)37-25(2,3)4)31-21(29-19)17(11-26-31)22(32)27-14;1-12(2)10-23-11-13-7-8-14(16(20)22-6)15(9-13)19-17(21)24-18(3,4)5;1-13(2,3)22-12(21)17(4)9-5-8(14)16-10-7(11(19)20)6-15-18(9)10;1-8(13)6-17-7-9-3-4-10(11(14)5-9)12(15)16-2/h7-11,14H,12-13,27H2,1-6H3,(H,29,33);7-11,14H,12-13H2,1-6H3,(H,27,32)(H,28,29);7-9,12H,10-11H2,1-6H3,(H,19,21);5-6H,1-4H3,(H,19,20);3-5,8H,6-7,13-14H2,1-2H3/t2*14-;;;8-/m11..1/s1. The monoisotopic (exact) mass is 1960 g/mol. The highest BCUT2D eigenvalue weighted by molar-refractivity contribution is 6.30. The van der Waals surface area contributed by atoms with Gasteiger partial charge in [-0.05, 0) is 181 Å². The Morgan fingerprint density at radius 3 is 1.39 bits per heavy atom. The summed E-state index contributed by atoms with van der Waals surface area (Å²) < 4.78 is 66.8. The van der Waals surface area contributed by atoms with Crippen molar-refractivity contribution >= 4 is 152 Å². The number of carbonyl (C=O) groups is 11. The predicted octanol–water partition coefficient (Wildman–Crippen LogP) is 14.1. The molecule has 4 bridgehead atoms. The van der Waals surface area contributed by atoms with Gasteiger partial charge in [-0.2, -0.15) is 28.8 Å². The molecule has 11 N–H and O–H groups in total. The fraction of sp³-hybridized carbons (Fsp3) is 0.430. The number of anilines is 8. The first kappa shape index (κ1) is 111. The van der Waals surface area contributed by atoms with Crippen LogP contribution in [0.25, 0.3) is 16.9 Å². The molecule has 138 heavy (non-hydrogen) atoms. The predicted molar refractivity (Wildman–Crippen MR) is 514 cm³/mol. The van der Waals surface area contributed by atoms with Crippen molar-refractivity contribution in [3.63, 3.8) is 0 Å². The van der Waals surface area contributed by atoms with Crippen LogP contribution in [0.3, 0.4) is 0 Å². The number of nitrogens with one attached hydrogen (secondary N) is 4. The van der Waals surface area contributed by atoms with Crippen LogP contribution in [0.1, 0.15) is 212 Å². The first-order chi connectivity index (χ1) is 64.5. The highest BCUT2D eigenvalue weighted by atomic mass is 35.5. The summed E-state index contributed by atoms with van der Waals surface area (Å²) >= 11 is 12.1. The zero-order valence-corrected chi connectivity index (χ0v) is 83.1. The molecule has 3 atom stereocenters. The topological polar surface area (TPSA) is 545 Å². The maximum absolute atomic E-state index is 13.1. The summed E-state index contributed by atoms with van der Waals surface area (Å²) in [6.07, 6.45) is 1.39. The van der Waals surface area contributed by atoms with Crippen LogP contribution in [0, 0.1) is 5.92 Å². The Bertz CT molecular complexity index is 6030. The van der Waals surface area contributed by atoms with E-state index in [-0.39, 0.29) is 128 Å². The summed E-state index contributed by atoms with van der Waals surface area (Å²) in [5.41, 5.74) is 21.1. The number of aromatic carboxylic acids is 1. The molecule has 7 heterocycles. The molecule has 1 aliphatic rings. The third-order valence-electron chi connectivity index (χ3n) is 18.4. The fourth-order valence-electron chi connectivity index (χ4n) is 12.2. The molecule has 0 aliphatic carbocycles. The van der Waals surface area contributed by atoms with Crippen molar-refractivity contribution in [2.45, 2.75) is 185 Å². The number of aromatic nitrogens is 9. The van der Waals surface area contributed by atoms with Gasteiger partial charge in [-0.3, -0.25) is 29.6 Å². The number of hydrogen-bond acceptors (Lipinski definition) is 33. The number of carboxylic acid groups (broad SMARTS) is 1. The number of amides is 6. The largest absolute Gasteiger partial charge is 0.477 e. The zero-order valence-electron chi connectivity index (χ0n) is 81.6. The maximum atomic E-state index is 13.1. The summed E-state index contributed by atoms with van der Waals surface area (Å²) in [5, 5.41) is 33.2. The van der Waals surface area contributed by atoms with Gasteiger partial charge in [0.05, 0.1) is 127 Å². The number of nitrogen functional groups attached to an aromatic ring is 2. The van der Waals surface area contributed by atoms with E-state index in [0.29, 0.717) is 60.8 Å². The molecule has 0 saturated carbocycles. The molecular formula is C93H121Cl2N19O24. The summed E-state index contributed by atoms with van der Waals surface area (Å²) in [4.78, 5) is 151. The molecule has 10 aromatic rings. The summed E-state index contributed by atoms with van der Waals surface area (Å²) in [5.74, 6) is -2.54. The van der Waals surface area contributed by atoms with Crippen molar-refractivity contribution < 1.29 is 115 Å². The molecule has 1 aliphatic heterocycles. The van der Waals surface area contributed by atoms with E-state index in [1.54, 1.807) is 169 Å². The number of hydrogen-bond donors (Lipinski definition) is 8. The molecule has 45 heteroatoms. The van der Waals surface area contributed by atoms with Gasteiger partial charge in [-0.15, -0.1) is 0 Å². The van der Waals surface area contributed by atoms with Crippen molar-refractivity contribution in [3.8, 4) is 0 Å². The van der Waals surface area contributed by atoms with E-state index in [0.717, 1.165) is 28.5 Å². The Morgan fingerprint density at radius 2 is 0.935 bits per heavy atom. The molecule has 43 nitrogen and oxygen atoms in total. The number of carboxylic acids is 1. The second kappa shape index (κ2) is 49.1. The highest BCUT2D eigenvalue weighted by Gasteiger charge is 2.32. The number of fused-ring (bicyclic) bond motifs is 5. The molecule has 0 unspecified atom stereocenters. The van der Waals surface area contributed by atoms with E-state index in [1.165, 1.54) is 102 Å². The Kier molecular flexibility index (Phi) is 39.4. The minimum atomic E-state index is -1.18. The Balaban J connectivity index is 0.000000242. The summed E-state index contributed by atoms with van der Waals surface area (Å²) in [6.45, 7) is 33.6. The first-order valence-corrected chi connectivity index (χ1v) is 43.7. The molecule has 0 radical (unpaired) electrons. The van der Waals surface area contributed by atoms with Crippen LogP contribution in [-0.4, -0.2) is 231 Å². The van der Waals surface area contributed by atoms with Crippen LogP contribution in [0.5, 0.6) is 0 Å². The van der Waals surface area contributed by atoms with Crippen LogP contribution in [0.4, 0.5) is 65.2 Å². The van der Waals surface area contributed by atoms with E-state index in [2.05, 4.69) is 74.8 Å². The highest BCUT2D eigenvalue weighted by Crippen LogP contribution is 2.32. The zero-order chi connectivity index (χ0) is 103. The van der Waals surface area contributed by atoms with Crippen molar-refractivity contribution in [3.05, 3.63) is 181 Å². The summed E-state index contributed by atoms with van der Waals surface area (Å²) in [6, 6.07) is 24.0. The van der Waals surface area contributed by atoms with E-state index in [1.807, 2.05) is 13.8 Å². The van der Waals surface area contributed by atoms with Gasteiger partial charge < -0.3 is 95.1 Å². The van der Waals surface area contributed by atoms with Crippen LogP contribution in [-0.2, 0) is 83.3 Å². The Morgan fingerprint density at radius 1 is 0.522 bits per heavy atom. The number of ether oxygens (including phenoxy) is 12. The van der Waals surface area contributed by atoms with Crippen LogP contribution >= 0.6 is 23.2 Å². The average Bonchev–Trinajstić information content (AvgIpc) is 1.62. The lowest BCUT2D eigenvalue weighted by Gasteiger charge is -2.25. The minimum absolute atomic E-state index is 0.00156. The fourth-order valence-corrected chi connectivity index (χ4v) is 12.5. The molecule has 6 aromatic heterocycles. The number of nitrogens with zero attached hydrogens (tertiary/aromatic N) is 12. The normalized spacial score (nSPS) is 12.9. The van der Waals surface area contributed by atoms with Crippen molar-refractivity contribution in [1.29, 1.82) is 0 Å². The second-order valence-electron chi connectivity index (χ2n) is 35.7. The lowest BCUT2D eigenvalue weighted by atomic mass is 10.1. The van der Waals surface area contributed by atoms with Gasteiger partial charge in [-0.1, -0.05) is 61.3 Å². The van der Waals surface area contributed by atoms with Gasteiger partial charge in [-0.25, -0.2) is 58.1 Å². The van der Waals surface area contributed by atoms with Gasteiger partial charge in [0, 0.05) is 75.4 Å². The first-order valence-electron chi connectivity index (χ1n) is 43.0. The lowest BCUT2D eigenvalue weighted by molar-refractivity contribution is 0.0577. The Labute approximate surface area is 807 Å². The number of benzene rings is 4. The molecule has 11 rings (SSSR count). The van der Waals surface area contributed by atoms with E-state index < -0.39 is 88.4 Å². The van der Waals surface area contributed by atoms with Crippen LogP contribution in [0.15, 0.2) is 110 Å². The van der Waals surface area contributed by atoms with Gasteiger partial charge >= 0.3 is 54.2 Å². The van der Waals surface area contributed by atoms with Gasteiger partial charge in [0.15, 0.2) is 16.9 Å². The number of carbonyl (C=O) groups excluding carboxylic acids is 10. The molecule has 0 saturated heterocycles. The number of methoxy groups -OCH3 is 4. The number of halogens is 2. The third kappa shape index (κ3) is 32.8. The molecule has 0 spiro atoms. The number of nitrogens with two attached hydrogens (primary N) is 3. The second-order valence-corrected chi connectivity index (χ2v) is 36.5.